The van der Waals surface area contributed by atoms with E-state index in [1.165, 1.54) is 6.20 Å². The number of carbonyl (C=O) groups excluding carboxylic acids is 6. The van der Waals surface area contributed by atoms with Gasteiger partial charge in [0.05, 0.1) is 6.04 Å². The maximum absolute atomic E-state index is 14.8. The van der Waals surface area contributed by atoms with Gasteiger partial charge in [-0.2, -0.15) is 5.10 Å². The summed E-state index contributed by atoms with van der Waals surface area (Å²) in [6.45, 7) is 7.53. The topological polar surface area (TPSA) is 182 Å². The van der Waals surface area contributed by atoms with Crippen LogP contribution in [-0.2, 0) is 24.0 Å². The lowest BCUT2D eigenvalue weighted by Crippen LogP contribution is -2.63. The minimum Gasteiger partial charge on any atom is -0.347 e. The molecule has 0 spiro atoms. The van der Waals surface area contributed by atoms with E-state index < -0.39 is 59.0 Å². The Labute approximate surface area is 289 Å². The summed E-state index contributed by atoms with van der Waals surface area (Å²) in [7, 11) is 0. The van der Waals surface area contributed by atoms with E-state index in [4.69, 9.17) is 0 Å². The Balaban J connectivity index is 1.37. The van der Waals surface area contributed by atoms with Crippen LogP contribution in [0.2, 0.25) is 0 Å². The van der Waals surface area contributed by atoms with Gasteiger partial charge in [-0.15, -0.1) is 0 Å². The molecule has 5 amide bonds. The van der Waals surface area contributed by atoms with Gasteiger partial charge in [-0.25, -0.2) is 0 Å². The molecule has 0 bridgehead atoms. The predicted molar refractivity (Wildman–Crippen MR) is 182 cm³/mol. The van der Waals surface area contributed by atoms with Crippen molar-refractivity contribution in [2.45, 2.75) is 154 Å². The SMILES string of the molecule is CCC[C@H](NC(=O)[C@H]1CC2CCCCC2N1C(=O)[C@@H](NC(=O)[C@@H](NC(=O)c1ccn[nH]1)C1CCCCC1)C(C)(C)C)C(=O)C(=O)NC1CC1. The lowest BCUT2D eigenvalue weighted by molar-refractivity contribution is -0.147. The molecular formula is C36H55N7O6. The molecule has 13 heteroatoms. The number of nitrogens with one attached hydrogen (secondary N) is 5. The lowest BCUT2D eigenvalue weighted by atomic mass is 9.81. The van der Waals surface area contributed by atoms with Crippen LogP contribution >= 0.6 is 0 Å². The molecule has 2 heterocycles. The van der Waals surface area contributed by atoms with E-state index >= 15 is 0 Å². The van der Waals surface area contributed by atoms with Gasteiger partial charge in [-0.05, 0) is 74.7 Å². The number of aromatic nitrogens is 2. The number of Topliss-reactive ketones (excluding diaryl/α,β-unsaturated/α-hetero) is 1. The van der Waals surface area contributed by atoms with Crippen LogP contribution in [0.15, 0.2) is 12.3 Å². The van der Waals surface area contributed by atoms with Gasteiger partial charge in [-0.3, -0.25) is 33.9 Å². The third-order valence-electron chi connectivity index (χ3n) is 10.8. The molecule has 3 saturated carbocycles. The Kier molecular flexibility index (Phi) is 11.8. The van der Waals surface area contributed by atoms with Crippen molar-refractivity contribution < 1.29 is 28.8 Å². The van der Waals surface area contributed by atoms with Crippen molar-refractivity contribution in [2.75, 3.05) is 0 Å². The van der Waals surface area contributed by atoms with E-state index in [1.54, 1.807) is 11.0 Å². The van der Waals surface area contributed by atoms with E-state index in [1.807, 2.05) is 27.7 Å². The molecule has 3 aliphatic carbocycles. The van der Waals surface area contributed by atoms with Crippen molar-refractivity contribution >= 4 is 35.3 Å². The molecule has 1 saturated heterocycles. The van der Waals surface area contributed by atoms with Gasteiger partial charge < -0.3 is 26.2 Å². The number of hydrogen-bond acceptors (Lipinski definition) is 7. The Bertz CT molecular complexity index is 1360. The number of ketones is 1. The number of carbonyl (C=O) groups is 6. The van der Waals surface area contributed by atoms with Gasteiger partial charge in [0.25, 0.3) is 11.8 Å². The second-order valence-electron chi connectivity index (χ2n) is 15.7. The van der Waals surface area contributed by atoms with Crippen LogP contribution in [0.25, 0.3) is 0 Å². The molecule has 0 aromatic carbocycles. The number of amides is 5. The standard InChI is InChI=1S/C36H55N7O6/c1-5-11-24(29(44)34(48)38-23-16-17-23)39-32(46)27-20-22-14-9-10-15-26(22)43(27)35(49)30(36(2,3)4)41-33(47)28(21-12-7-6-8-13-21)40-31(45)25-18-19-37-42-25/h18-19,21-24,26-28,30H,5-17,20H2,1-4H3,(H,37,42)(H,38,48)(H,39,46)(H,40,45)(H,41,47)/t22?,24-,26?,27+,28-,30+/m0/s1. The van der Waals surface area contributed by atoms with E-state index in [0.29, 0.717) is 19.3 Å². The van der Waals surface area contributed by atoms with Crippen molar-refractivity contribution in [1.29, 1.82) is 0 Å². The molecule has 1 aliphatic heterocycles. The predicted octanol–water partition coefficient (Wildman–Crippen LogP) is 2.91. The second kappa shape index (κ2) is 15.8. The van der Waals surface area contributed by atoms with Crippen molar-refractivity contribution in [3.63, 3.8) is 0 Å². The highest BCUT2D eigenvalue weighted by atomic mass is 16.2. The minimum absolute atomic E-state index is 0.0153. The van der Waals surface area contributed by atoms with Crippen molar-refractivity contribution in [3.05, 3.63) is 18.0 Å². The number of aromatic amines is 1. The minimum atomic E-state index is -0.983. The number of rotatable bonds is 13. The molecule has 0 radical (unpaired) electrons. The number of H-pyrrole nitrogens is 1. The summed E-state index contributed by atoms with van der Waals surface area (Å²) in [6, 6.07) is -2.27. The Hall–Kier alpha value is -3.77. The van der Waals surface area contributed by atoms with Crippen molar-refractivity contribution in [1.82, 2.24) is 36.4 Å². The van der Waals surface area contributed by atoms with Gasteiger partial charge in [0.15, 0.2) is 0 Å². The lowest BCUT2D eigenvalue weighted by Gasteiger charge is -2.40. The fourth-order valence-electron chi connectivity index (χ4n) is 7.98. The van der Waals surface area contributed by atoms with Crippen molar-refractivity contribution in [2.24, 2.45) is 17.3 Å². The zero-order valence-corrected chi connectivity index (χ0v) is 29.5. The normalized spacial score (nSPS) is 24.6. The van der Waals surface area contributed by atoms with Gasteiger partial charge >= 0.3 is 0 Å². The van der Waals surface area contributed by atoms with Crippen LogP contribution in [0.5, 0.6) is 0 Å². The van der Waals surface area contributed by atoms with E-state index in [-0.39, 0.29) is 35.5 Å². The number of likely N-dealkylation sites (tertiary alicyclic amines) is 1. The van der Waals surface area contributed by atoms with Crippen LogP contribution in [-0.4, -0.2) is 86.7 Å². The maximum atomic E-state index is 14.8. The third kappa shape index (κ3) is 8.88. The molecule has 5 N–H and O–H groups in total. The first-order valence-electron chi connectivity index (χ1n) is 18.5. The Morgan fingerprint density at radius 2 is 1.61 bits per heavy atom. The average Bonchev–Trinajstić information content (AvgIpc) is 3.55. The third-order valence-corrected chi connectivity index (χ3v) is 10.8. The maximum Gasteiger partial charge on any atom is 0.289 e. The van der Waals surface area contributed by atoms with E-state index in [2.05, 4.69) is 31.5 Å². The Morgan fingerprint density at radius 1 is 0.918 bits per heavy atom. The molecule has 1 aromatic rings. The second-order valence-corrected chi connectivity index (χ2v) is 15.7. The van der Waals surface area contributed by atoms with Crippen LogP contribution < -0.4 is 21.3 Å². The first-order chi connectivity index (χ1) is 23.4. The van der Waals surface area contributed by atoms with Crippen LogP contribution in [0, 0.1) is 17.3 Å². The summed E-state index contributed by atoms with van der Waals surface area (Å²) in [6.07, 6.45) is 12.6. The highest BCUT2D eigenvalue weighted by molar-refractivity contribution is 6.38. The van der Waals surface area contributed by atoms with Crippen molar-refractivity contribution in [3.8, 4) is 0 Å². The molecule has 6 atom stereocenters. The molecule has 4 fully saturated rings. The van der Waals surface area contributed by atoms with Gasteiger partial charge in [-0.1, -0.05) is 66.2 Å². The summed E-state index contributed by atoms with van der Waals surface area (Å²) >= 11 is 0. The van der Waals surface area contributed by atoms with Crippen LogP contribution in [0.3, 0.4) is 0 Å². The monoisotopic (exact) mass is 681 g/mol. The molecule has 13 nitrogen and oxygen atoms in total. The van der Waals surface area contributed by atoms with E-state index in [9.17, 15) is 28.8 Å². The zero-order valence-electron chi connectivity index (χ0n) is 29.5. The molecule has 1 aromatic heterocycles. The molecule has 49 heavy (non-hydrogen) atoms. The van der Waals surface area contributed by atoms with E-state index in [0.717, 1.165) is 70.6 Å². The molecular weight excluding hydrogens is 626 g/mol. The largest absolute Gasteiger partial charge is 0.347 e. The van der Waals surface area contributed by atoms with Crippen LogP contribution in [0.4, 0.5) is 0 Å². The highest BCUT2D eigenvalue weighted by Gasteiger charge is 2.51. The first kappa shape index (κ1) is 36.5. The average molecular weight is 682 g/mol. The summed E-state index contributed by atoms with van der Waals surface area (Å²) in [4.78, 5) is 83.6. The number of hydrogen-bond donors (Lipinski definition) is 5. The van der Waals surface area contributed by atoms with Gasteiger partial charge in [0.2, 0.25) is 23.5 Å². The molecule has 5 rings (SSSR count). The molecule has 270 valence electrons. The van der Waals surface area contributed by atoms with Crippen LogP contribution in [0.1, 0.15) is 128 Å². The van der Waals surface area contributed by atoms with Gasteiger partial charge in [0, 0.05) is 18.3 Å². The first-order valence-corrected chi connectivity index (χ1v) is 18.5. The fraction of sp³-hybridized carbons (Fsp3) is 0.750. The van der Waals surface area contributed by atoms with Gasteiger partial charge in [0.1, 0.15) is 23.8 Å². The zero-order chi connectivity index (χ0) is 35.3. The molecule has 2 unspecified atom stereocenters. The number of fused-ring (bicyclic) bond motifs is 1. The summed E-state index contributed by atoms with van der Waals surface area (Å²) < 4.78 is 0. The molecule has 4 aliphatic rings. The quantitative estimate of drug-likeness (QED) is 0.198. The Morgan fingerprint density at radius 3 is 2.24 bits per heavy atom. The number of nitrogens with zero attached hydrogens (tertiary/aromatic N) is 2. The highest BCUT2D eigenvalue weighted by Crippen LogP contribution is 2.41. The summed E-state index contributed by atoms with van der Waals surface area (Å²) in [5.74, 6) is -2.98. The summed E-state index contributed by atoms with van der Waals surface area (Å²) in [5, 5.41) is 18.1. The smallest absolute Gasteiger partial charge is 0.289 e. The fourth-order valence-corrected chi connectivity index (χ4v) is 7.98. The summed E-state index contributed by atoms with van der Waals surface area (Å²) in [5.41, 5.74) is -0.483.